The molecule has 272 valence electrons. The van der Waals surface area contributed by atoms with Gasteiger partial charge in [-0.15, -0.1) is 4.76 Å². The molecule has 0 aromatic heterocycles. The van der Waals surface area contributed by atoms with E-state index in [1.165, 1.54) is 7.05 Å². The number of carbonyl (C=O) groups excluding carboxylic acids is 2. The van der Waals surface area contributed by atoms with Crippen LogP contribution in [0.25, 0.3) is 0 Å². The molecule has 0 aliphatic rings. The molecule has 3 N–H and O–H groups in total. The summed E-state index contributed by atoms with van der Waals surface area (Å²) in [6.07, 6.45) is -2.88. The molecular formula is C34H50N3O11P. The first kappa shape index (κ1) is 41.0. The van der Waals surface area contributed by atoms with Gasteiger partial charge in [-0.3, -0.25) is 0 Å². The molecule has 3 unspecified atom stereocenters. The van der Waals surface area contributed by atoms with Crippen LogP contribution in [0.5, 0.6) is 0 Å². The van der Waals surface area contributed by atoms with E-state index in [-0.39, 0.29) is 19.6 Å². The second-order valence-corrected chi connectivity index (χ2v) is 13.4. The van der Waals surface area contributed by atoms with Crippen LogP contribution < -0.4 is 5.73 Å². The normalized spacial score (nSPS) is 14.7. The maximum atomic E-state index is 14.4. The molecule has 3 atom stereocenters. The maximum absolute atomic E-state index is 14.4. The van der Waals surface area contributed by atoms with E-state index in [4.69, 9.17) is 33.7 Å². The molecule has 2 aromatic rings. The molecule has 0 amide bonds. The summed E-state index contributed by atoms with van der Waals surface area (Å²) in [5.74, 6) is -2.88. The van der Waals surface area contributed by atoms with Crippen molar-refractivity contribution in [3.05, 3.63) is 71.8 Å². The molecule has 0 fully saturated rings. The van der Waals surface area contributed by atoms with Crippen LogP contribution in [-0.4, -0.2) is 73.1 Å². The predicted molar refractivity (Wildman–Crippen MR) is 183 cm³/mol. The Bertz CT molecular complexity index is 1300. The quantitative estimate of drug-likeness (QED) is 0.0483. The molecule has 0 saturated carbocycles. The van der Waals surface area contributed by atoms with Crippen LogP contribution >= 0.6 is 7.75 Å². The van der Waals surface area contributed by atoms with Crippen LogP contribution in [0.15, 0.2) is 65.4 Å². The van der Waals surface area contributed by atoms with Crippen LogP contribution in [0.2, 0.25) is 0 Å². The fourth-order valence-electron chi connectivity index (χ4n) is 4.18. The molecular weight excluding hydrogens is 657 g/mol. The van der Waals surface area contributed by atoms with Gasteiger partial charge in [0.2, 0.25) is 18.5 Å². The SMILES string of the molecule is CCCCC(C(=O)O)N(C)C(N)=NP(=O)(OC(OC(=O)OCCc1ccccc1)C(C)C)OC(OC(=O)OCCc1ccccc1)C(C)C. The molecule has 0 aliphatic heterocycles. The third-order valence-corrected chi connectivity index (χ3v) is 8.46. The lowest BCUT2D eigenvalue weighted by atomic mass is 10.1. The van der Waals surface area contributed by atoms with Crippen LogP contribution in [0.1, 0.15) is 65.0 Å². The third-order valence-electron chi connectivity index (χ3n) is 7.06. The van der Waals surface area contributed by atoms with Gasteiger partial charge in [-0.2, -0.15) is 0 Å². The highest BCUT2D eigenvalue weighted by atomic mass is 31.2. The first-order valence-corrected chi connectivity index (χ1v) is 17.8. The fraction of sp³-hybridized carbons (Fsp3) is 0.529. The van der Waals surface area contributed by atoms with E-state index < -0.39 is 62.4 Å². The Hall–Kier alpha value is -4.13. The number of hydrogen-bond acceptors (Lipinski definition) is 10. The van der Waals surface area contributed by atoms with Crippen molar-refractivity contribution >= 4 is 32.0 Å². The van der Waals surface area contributed by atoms with Gasteiger partial charge in [0.25, 0.3) is 0 Å². The van der Waals surface area contributed by atoms with E-state index >= 15 is 0 Å². The van der Waals surface area contributed by atoms with Gasteiger partial charge < -0.3 is 34.7 Å². The standard InChI is InChI=1S/C34H50N3O11P/c1-7-8-19-28(29(38)39)37(6)32(35)36-49(42,47-30(24(2)3)45-33(40)43-22-20-26-15-11-9-12-16-26)48-31(25(4)5)46-34(41)44-23-21-27-17-13-10-14-18-27/h9-18,24-25,28,30-31H,7-8,19-23H2,1-6H3,(H,38,39)(H2,35,36,42). The number of carbonyl (C=O) groups is 3. The van der Waals surface area contributed by atoms with Crippen molar-refractivity contribution < 1.29 is 52.1 Å². The highest BCUT2D eigenvalue weighted by Crippen LogP contribution is 2.54. The summed E-state index contributed by atoms with van der Waals surface area (Å²) >= 11 is 0. The fourth-order valence-corrected chi connectivity index (χ4v) is 5.81. The molecule has 0 heterocycles. The highest BCUT2D eigenvalue weighted by molar-refractivity contribution is 7.52. The molecule has 49 heavy (non-hydrogen) atoms. The Morgan fingerprint density at radius 1 is 0.816 bits per heavy atom. The lowest BCUT2D eigenvalue weighted by Crippen LogP contribution is -2.46. The van der Waals surface area contributed by atoms with E-state index in [0.717, 1.165) is 22.4 Å². The number of guanidine groups is 1. The van der Waals surface area contributed by atoms with E-state index in [1.54, 1.807) is 27.7 Å². The average molecular weight is 708 g/mol. The smallest absolute Gasteiger partial charge is 0.480 e. The number of likely N-dealkylation sites (N-methyl/N-ethyl adjacent to an activating group) is 1. The van der Waals surface area contributed by atoms with Crippen LogP contribution in [0, 0.1) is 11.8 Å². The van der Waals surface area contributed by atoms with Crippen LogP contribution in [0.4, 0.5) is 9.59 Å². The highest BCUT2D eigenvalue weighted by Gasteiger charge is 2.39. The number of carboxylic acid groups (broad SMARTS) is 1. The average Bonchev–Trinajstić information content (AvgIpc) is 3.05. The molecule has 0 radical (unpaired) electrons. The summed E-state index contributed by atoms with van der Waals surface area (Å²) in [6.45, 7) is 8.40. The number of nitrogens with zero attached hydrogens (tertiary/aromatic N) is 2. The number of aliphatic carboxylic acids is 1. The van der Waals surface area contributed by atoms with E-state index in [0.29, 0.717) is 19.3 Å². The van der Waals surface area contributed by atoms with Crippen molar-refractivity contribution in [1.29, 1.82) is 0 Å². The predicted octanol–water partition coefficient (Wildman–Crippen LogP) is 6.77. The summed E-state index contributed by atoms with van der Waals surface area (Å²) in [7, 11) is -3.47. The lowest BCUT2D eigenvalue weighted by molar-refractivity contribution is -0.141. The maximum Gasteiger partial charge on any atom is 0.510 e. The third kappa shape index (κ3) is 15.3. The molecule has 0 saturated heterocycles. The van der Waals surface area contributed by atoms with Crippen LogP contribution in [-0.2, 0) is 50.2 Å². The number of carboxylic acids is 1. The number of hydrogen-bond donors (Lipinski definition) is 2. The van der Waals surface area contributed by atoms with E-state index in [1.807, 2.05) is 67.6 Å². The van der Waals surface area contributed by atoms with Gasteiger partial charge in [0.15, 0.2) is 0 Å². The second-order valence-electron chi connectivity index (χ2n) is 11.9. The van der Waals surface area contributed by atoms with Gasteiger partial charge >= 0.3 is 26.0 Å². The molecule has 15 heteroatoms. The molecule has 0 spiro atoms. The Balaban J connectivity index is 2.28. The largest absolute Gasteiger partial charge is 0.510 e. The minimum absolute atomic E-state index is 0.00169. The summed E-state index contributed by atoms with van der Waals surface area (Å²) in [5.41, 5.74) is 8.06. The number of benzene rings is 2. The first-order chi connectivity index (χ1) is 23.2. The molecule has 0 aliphatic carbocycles. The van der Waals surface area contributed by atoms with Crippen molar-refractivity contribution in [2.75, 3.05) is 20.3 Å². The first-order valence-electron chi connectivity index (χ1n) is 16.3. The number of ether oxygens (including phenoxy) is 4. The minimum atomic E-state index is -4.84. The monoisotopic (exact) mass is 707 g/mol. The molecule has 2 aromatic carbocycles. The number of nitrogens with two attached hydrogens (primary N) is 1. The van der Waals surface area contributed by atoms with Gasteiger partial charge in [0.05, 0.1) is 13.2 Å². The zero-order valence-electron chi connectivity index (χ0n) is 29.1. The Morgan fingerprint density at radius 3 is 1.61 bits per heavy atom. The minimum Gasteiger partial charge on any atom is -0.480 e. The van der Waals surface area contributed by atoms with Crippen molar-refractivity contribution in [2.24, 2.45) is 22.3 Å². The zero-order valence-corrected chi connectivity index (χ0v) is 30.0. The Morgan fingerprint density at radius 2 is 1.24 bits per heavy atom. The van der Waals surface area contributed by atoms with Crippen LogP contribution in [0.3, 0.4) is 0 Å². The number of unbranched alkanes of at least 4 members (excludes halogenated alkanes) is 1. The summed E-state index contributed by atoms with van der Waals surface area (Å²) in [4.78, 5) is 38.4. The molecule has 14 nitrogen and oxygen atoms in total. The van der Waals surface area contributed by atoms with Gasteiger partial charge in [0.1, 0.15) is 6.04 Å². The summed E-state index contributed by atoms with van der Waals surface area (Å²) in [6, 6.07) is 17.6. The zero-order chi connectivity index (χ0) is 36.4. The molecule has 2 rings (SSSR count). The number of rotatable bonds is 20. The van der Waals surface area contributed by atoms with Crippen molar-refractivity contribution in [3.63, 3.8) is 0 Å². The lowest BCUT2D eigenvalue weighted by Gasteiger charge is -2.30. The molecule has 0 bridgehead atoms. The topological polar surface area (TPSA) is 186 Å². The van der Waals surface area contributed by atoms with Gasteiger partial charge in [-0.1, -0.05) is 108 Å². The Labute approximate surface area is 288 Å². The van der Waals surface area contributed by atoms with E-state index in [2.05, 4.69) is 4.76 Å². The second kappa shape index (κ2) is 21.1. The van der Waals surface area contributed by atoms with E-state index in [9.17, 15) is 24.1 Å². The Kier molecular flexibility index (Phi) is 17.6. The van der Waals surface area contributed by atoms with Crippen molar-refractivity contribution in [1.82, 2.24) is 4.90 Å². The summed E-state index contributed by atoms with van der Waals surface area (Å²) in [5, 5.41) is 9.81. The summed E-state index contributed by atoms with van der Waals surface area (Å²) < 4.78 is 50.9. The van der Waals surface area contributed by atoms with Crippen molar-refractivity contribution in [2.45, 2.75) is 85.3 Å². The van der Waals surface area contributed by atoms with Gasteiger partial charge in [0, 0.05) is 31.7 Å². The van der Waals surface area contributed by atoms with Gasteiger partial charge in [-0.05, 0) is 17.5 Å². The van der Waals surface area contributed by atoms with Crippen molar-refractivity contribution in [3.8, 4) is 0 Å². The van der Waals surface area contributed by atoms with Gasteiger partial charge in [-0.25, -0.2) is 28.0 Å².